The second-order valence-corrected chi connectivity index (χ2v) is 6.78. The summed E-state index contributed by atoms with van der Waals surface area (Å²) >= 11 is 0. The third-order valence-electron chi connectivity index (χ3n) is 4.59. The van der Waals surface area contributed by atoms with Crippen molar-refractivity contribution in [2.75, 3.05) is 5.32 Å². The lowest BCUT2D eigenvalue weighted by Crippen LogP contribution is -2.14. The predicted octanol–water partition coefficient (Wildman–Crippen LogP) is 4.73. The van der Waals surface area contributed by atoms with Crippen molar-refractivity contribution in [1.82, 2.24) is 10.2 Å². The van der Waals surface area contributed by atoms with E-state index in [1.165, 1.54) is 12.1 Å². The van der Waals surface area contributed by atoms with Crippen LogP contribution in [0.5, 0.6) is 0 Å². The normalized spacial score (nSPS) is 10.9. The third-order valence-corrected chi connectivity index (χ3v) is 4.59. The summed E-state index contributed by atoms with van der Waals surface area (Å²) in [6.45, 7) is 0. The fraction of sp³-hybridized carbons (Fsp3) is 0.0476. The number of benzene rings is 3. The lowest BCUT2D eigenvalue weighted by molar-refractivity contribution is -0.385. The molecule has 4 rings (SSSR count). The molecule has 2 N–H and O–H groups in total. The van der Waals surface area contributed by atoms with Crippen LogP contribution in [0.15, 0.2) is 54.6 Å². The van der Waals surface area contributed by atoms with Crippen LogP contribution >= 0.6 is 0 Å². The number of nitro groups is 1. The molecule has 0 aliphatic rings. The number of halogens is 3. The van der Waals surface area contributed by atoms with Crippen LogP contribution in [0.4, 0.5) is 24.7 Å². The van der Waals surface area contributed by atoms with Crippen LogP contribution in [0.2, 0.25) is 0 Å². The second-order valence-electron chi connectivity index (χ2n) is 6.78. The molecule has 0 bridgehead atoms. The molecule has 1 aromatic heterocycles. The molecule has 0 atom stereocenters. The summed E-state index contributed by atoms with van der Waals surface area (Å²) in [5, 5.41) is 20.8. The van der Waals surface area contributed by atoms with E-state index in [1.54, 1.807) is 18.2 Å². The lowest BCUT2D eigenvalue weighted by atomic mass is 10.0. The van der Waals surface area contributed by atoms with Gasteiger partial charge in [0, 0.05) is 11.5 Å². The van der Waals surface area contributed by atoms with Gasteiger partial charge in [0.25, 0.3) is 11.6 Å². The number of amides is 1. The number of nitro benzene ring substituents is 1. The van der Waals surface area contributed by atoms with Crippen LogP contribution in [0.1, 0.15) is 21.5 Å². The molecule has 4 aromatic rings. The van der Waals surface area contributed by atoms with E-state index in [2.05, 4.69) is 15.5 Å². The zero-order valence-electron chi connectivity index (χ0n) is 15.7. The van der Waals surface area contributed by atoms with Gasteiger partial charge in [0.15, 0.2) is 5.82 Å². The maximum absolute atomic E-state index is 13.4. The van der Waals surface area contributed by atoms with Crippen LogP contribution < -0.4 is 5.32 Å². The van der Waals surface area contributed by atoms with Crippen LogP contribution in [0.25, 0.3) is 10.9 Å². The highest BCUT2D eigenvalue weighted by molar-refractivity contribution is 6.10. The summed E-state index contributed by atoms with van der Waals surface area (Å²) in [5.74, 6) is -2.95. The molecule has 31 heavy (non-hydrogen) atoms. The van der Waals surface area contributed by atoms with Gasteiger partial charge in [-0.1, -0.05) is 6.07 Å². The first-order valence-corrected chi connectivity index (χ1v) is 8.97. The monoisotopic (exact) mass is 426 g/mol. The van der Waals surface area contributed by atoms with Gasteiger partial charge < -0.3 is 5.32 Å². The van der Waals surface area contributed by atoms with Crippen molar-refractivity contribution >= 4 is 28.3 Å². The molecular formula is C21H13F3N4O3. The number of hydrogen-bond donors (Lipinski definition) is 2. The van der Waals surface area contributed by atoms with Gasteiger partial charge in [0.05, 0.1) is 16.5 Å². The minimum Gasteiger partial charge on any atom is -0.304 e. The first-order valence-electron chi connectivity index (χ1n) is 8.97. The molecule has 7 nitrogen and oxygen atoms in total. The van der Waals surface area contributed by atoms with E-state index in [-0.39, 0.29) is 17.8 Å². The summed E-state index contributed by atoms with van der Waals surface area (Å²) in [6.07, 6.45) is 0.229. The number of hydrogen-bond acceptors (Lipinski definition) is 4. The largest absolute Gasteiger partial charge is 0.304 e. The average molecular weight is 426 g/mol. The number of nitrogens with one attached hydrogen (secondary N) is 2. The first-order chi connectivity index (χ1) is 14.8. The second kappa shape index (κ2) is 7.90. The topological polar surface area (TPSA) is 101 Å². The van der Waals surface area contributed by atoms with Crippen molar-refractivity contribution in [2.45, 2.75) is 6.42 Å². The van der Waals surface area contributed by atoms with Crippen molar-refractivity contribution in [3.63, 3.8) is 0 Å². The number of aromatic nitrogens is 2. The Labute approximate surface area is 172 Å². The average Bonchev–Trinajstić information content (AvgIpc) is 3.09. The van der Waals surface area contributed by atoms with Gasteiger partial charge in [-0.15, -0.1) is 0 Å². The Morgan fingerprint density at radius 2 is 1.71 bits per heavy atom. The number of carbonyl (C=O) groups is 1. The molecule has 0 aliphatic heterocycles. The summed E-state index contributed by atoms with van der Waals surface area (Å²) in [7, 11) is 0. The van der Waals surface area contributed by atoms with Gasteiger partial charge in [0.2, 0.25) is 0 Å². The van der Waals surface area contributed by atoms with Gasteiger partial charge in [-0.05, 0) is 53.9 Å². The highest BCUT2D eigenvalue weighted by atomic mass is 19.1. The number of fused-ring (bicyclic) bond motifs is 1. The van der Waals surface area contributed by atoms with E-state index >= 15 is 0 Å². The molecule has 156 valence electrons. The van der Waals surface area contributed by atoms with Crippen molar-refractivity contribution < 1.29 is 22.9 Å². The van der Waals surface area contributed by atoms with E-state index in [4.69, 9.17) is 0 Å². The van der Waals surface area contributed by atoms with Crippen molar-refractivity contribution in [3.05, 3.63) is 98.9 Å². The summed E-state index contributed by atoms with van der Waals surface area (Å²) in [5.41, 5.74) is 0.688. The van der Waals surface area contributed by atoms with E-state index < -0.39 is 34.0 Å². The molecule has 0 aliphatic carbocycles. The Morgan fingerprint density at radius 3 is 2.42 bits per heavy atom. The first kappa shape index (κ1) is 20.1. The van der Waals surface area contributed by atoms with Crippen LogP contribution in [0, 0.1) is 27.6 Å². The summed E-state index contributed by atoms with van der Waals surface area (Å²) in [6, 6.07) is 10.9. The zero-order chi connectivity index (χ0) is 22.1. The van der Waals surface area contributed by atoms with E-state index in [1.807, 2.05) is 0 Å². The molecule has 1 amide bonds. The number of nitrogens with zero attached hydrogens (tertiary/aromatic N) is 2. The molecule has 0 spiro atoms. The molecule has 3 aromatic carbocycles. The maximum atomic E-state index is 13.4. The highest BCUT2D eigenvalue weighted by Crippen LogP contribution is 2.26. The summed E-state index contributed by atoms with van der Waals surface area (Å²) in [4.78, 5) is 22.9. The lowest BCUT2D eigenvalue weighted by Gasteiger charge is -2.06. The Morgan fingerprint density at radius 1 is 0.968 bits per heavy atom. The van der Waals surface area contributed by atoms with Crippen molar-refractivity contribution in [2.24, 2.45) is 0 Å². The molecular weight excluding hydrogens is 413 g/mol. The zero-order valence-corrected chi connectivity index (χ0v) is 15.7. The number of anilines is 1. The minimum absolute atomic E-state index is 0.103. The Bertz CT molecular complexity index is 1320. The van der Waals surface area contributed by atoms with Gasteiger partial charge in [-0.3, -0.25) is 20.0 Å². The molecule has 0 saturated carbocycles. The number of H-pyrrole nitrogens is 1. The van der Waals surface area contributed by atoms with E-state index in [9.17, 15) is 28.1 Å². The van der Waals surface area contributed by atoms with E-state index in [0.717, 1.165) is 18.2 Å². The standard InChI is InChI=1S/C21H13F3N4O3/c22-13-2-3-16(19(10-13)28(30)31)21(29)25-20-17-8-11(1-4-18(17)26-27-20)5-12-6-14(23)9-15(24)7-12/h1-4,6-10H,5H2,(H2,25,26,27,29). The number of carbonyl (C=O) groups excluding carboxylic acids is 1. The van der Waals surface area contributed by atoms with Crippen molar-refractivity contribution in [1.29, 1.82) is 0 Å². The number of aromatic amines is 1. The van der Waals surface area contributed by atoms with E-state index in [0.29, 0.717) is 28.1 Å². The van der Waals surface area contributed by atoms with Crippen LogP contribution in [-0.4, -0.2) is 21.0 Å². The molecule has 1 heterocycles. The van der Waals surface area contributed by atoms with Crippen molar-refractivity contribution in [3.8, 4) is 0 Å². The third kappa shape index (κ3) is 4.22. The smallest absolute Gasteiger partial charge is 0.285 e. The maximum Gasteiger partial charge on any atom is 0.285 e. The Hall–Kier alpha value is -4.21. The molecule has 10 heteroatoms. The van der Waals surface area contributed by atoms with Gasteiger partial charge in [-0.25, -0.2) is 13.2 Å². The molecule has 0 radical (unpaired) electrons. The van der Waals surface area contributed by atoms with Crippen LogP contribution in [0.3, 0.4) is 0 Å². The fourth-order valence-corrected chi connectivity index (χ4v) is 3.24. The summed E-state index contributed by atoms with van der Waals surface area (Å²) < 4.78 is 40.2. The Kier molecular flexibility index (Phi) is 5.12. The van der Waals surface area contributed by atoms with Gasteiger partial charge >= 0.3 is 0 Å². The fourth-order valence-electron chi connectivity index (χ4n) is 3.24. The quantitative estimate of drug-likeness (QED) is 0.356. The minimum atomic E-state index is -0.850. The molecule has 0 unspecified atom stereocenters. The predicted molar refractivity (Wildman–Crippen MR) is 106 cm³/mol. The van der Waals surface area contributed by atoms with Crippen LogP contribution in [-0.2, 0) is 6.42 Å². The Balaban J connectivity index is 1.64. The SMILES string of the molecule is O=C(Nc1n[nH]c2ccc(Cc3cc(F)cc(F)c3)cc12)c1ccc(F)cc1[N+](=O)[O-]. The molecule has 0 fully saturated rings. The highest BCUT2D eigenvalue weighted by Gasteiger charge is 2.22. The number of rotatable bonds is 5. The van der Waals surface area contributed by atoms with Gasteiger partial charge in [-0.2, -0.15) is 5.10 Å². The molecule has 0 saturated heterocycles. The van der Waals surface area contributed by atoms with Gasteiger partial charge in [0.1, 0.15) is 23.0 Å².